The van der Waals surface area contributed by atoms with E-state index in [-0.39, 0.29) is 6.04 Å². The maximum atomic E-state index is 11.1. The molecule has 0 amide bonds. The van der Waals surface area contributed by atoms with Gasteiger partial charge < -0.3 is 5.32 Å². The van der Waals surface area contributed by atoms with Crippen LogP contribution in [0.3, 0.4) is 0 Å². The molecule has 1 aromatic heterocycles. The topological polar surface area (TPSA) is 46.9 Å². The Morgan fingerprint density at radius 3 is 2.67 bits per heavy atom. The van der Waals surface area contributed by atoms with Gasteiger partial charge in [0.2, 0.25) is 0 Å². The van der Waals surface area contributed by atoms with E-state index in [0.717, 1.165) is 23.4 Å². The van der Waals surface area contributed by atoms with Crippen LogP contribution in [0, 0.1) is 0 Å². The lowest BCUT2D eigenvalue weighted by molar-refractivity contribution is 0.470. The quantitative estimate of drug-likeness (QED) is 0.855. The summed E-state index contributed by atoms with van der Waals surface area (Å²) in [5.74, 6) is 0.740. The largest absolute Gasteiger partial charge is 0.308 e. The second-order valence-corrected chi connectivity index (χ2v) is 6.96. The fourth-order valence-electron chi connectivity index (χ4n) is 2.23. The van der Waals surface area contributed by atoms with Gasteiger partial charge in [0.25, 0.3) is 0 Å². The summed E-state index contributed by atoms with van der Waals surface area (Å²) in [5, 5.41) is 7.95. The van der Waals surface area contributed by atoms with Crippen LogP contribution in [-0.4, -0.2) is 32.0 Å². The molecule has 2 rings (SSSR count). The third-order valence-corrected chi connectivity index (χ3v) is 4.31. The van der Waals surface area contributed by atoms with Crippen molar-refractivity contribution in [1.82, 2.24) is 15.1 Å². The zero-order chi connectivity index (χ0) is 15.2. The number of rotatable bonds is 7. The number of hydrogen-bond acceptors (Lipinski definition) is 3. The lowest BCUT2D eigenvalue weighted by atomic mass is 10.1. The van der Waals surface area contributed by atoms with Crippen molar-refractivity contribution in [1.29, 1.82) is 0 Å². The third-order valence-electron chi connectivity index (χ3n) is 3.50. The first-order valence-corrected chi connectivity index (χ1v) is 8.95. The van der Waals surface area contributed by atoms with Gasteiger partial charge in [-0.15, -0.1) is 0 Å². The Kier molecular flexibility index (Phi) is 5.70. The van der Waals surface area contributed by atoms with Gasteiger partial charge in [0, 0.05) is 46.7 Å². The SMILES string of the molecule is CC(CCS(C)=O)NC(C)c1cnn(-c2ccccc2)c1. The van der Waals surface area contributed by atoms with E-state index in [1.807, 2.05) is 41.2 Å². The molecule has 1 N–H and O–H groups in total. The van der Waals surface area contributed by atoms with Gasteiger partial charge >= 0.3 is 0 Å². The van der Waals surface area contributed by atoms with Crippen molar-refractivity contribution in [2.75, 3.05) is 12.0 Å². The van der Waals surface area contributed by atoms with Gasteiger partial charge in [-0.25, -0.2) is 4.68 Å². The van der Waals surface area contributed by atoms with Crippen molar-refractivity contribution >= 4 is 10.8 Å². The average molecular weight is 305 g/mol. The molecule has 21 heavy (non-hydrogen) atoms. The number of nitrogens with zero attached hydrogens (tertiary/aromatic N) is 2. The molecule has 0 radical (unpaired) electrons. The van der Waals surface area contributed by atoms with Crippen LogP contribution < -0.4 is 5.32 Å². The monoisotopic (exact) mass is 305 g/mol. The van der Waals surface area contributed by atoms with E-state index in [1.54, 1.807) is 6.26 Å². The summed E-state index contributed by atoms with van der Waals surface area (Å²) in [6, 6.07) is 10.6. The van der Waals surface area contributed by atoms with Gasteiger partial charge in [0.15, 0.2) is 0 Å². The van der Waals surface area contributed by atoms with Crippen LogP contribution in [0.4, 0.5) is 0 Å². The van der Waals surface area contributed by atoms with Crippen molar-refractivity contribution < 1.29 is 4.21 Å². The van der Waals surface area contributed by atoms with Crippen molar-refractivity contribution in [3.63, 3.8) is 0 Å². The van der Waals surface area contributed by atoms with Crippen molar-refractivity contribution in [2.24, 2.45) is 0 Å². The molecule has 5 heteroatoms. The summed E-state index contributed by atoms with van der Waals surface area (Å²) in [6.45, 7) is 4.26. The molecule has 0 saturated carbocycles. The Morgan fingerprint density at radius 2 is 2.00 bits per heavy atom. The van der Waals surface area contributed by atoms with Gasteiger partial charge in [-0.3, -0.25) is 4.21 Å². The number of hydrogen-bond donors (Lipinski definition) is 1. The Bertz CT molecular complexity index is 582. The highest BCUT2D eigenvalue weighted by molar-refractivity contribution is 7.84. The van der Waals surface area contributed by atoms with Gasteiger partial charge in [0.1, 0.15) is 0 Å². The molecule has 1 heterocycles. The molecule has 4 nitrogen and oxygen atoms in total. The molecule has 0 fully saturated rings. The third kappa shape index (κ3) is 4.79. The van der Waals surface area contributed by atoms with E-state index < -0.39 is 10.8 Å². The van der Waals surface area contributed by atoms with Crippen LogP contribution in [0.1, 0.15) is 31.9 Å². The number of benzene rings is 1. The summed E-state index contributed by atoms with van der Waals surface area (Å²) in [6.07, 6.45) is 6.62. The Labute approximate surface area is 129 Å². The van der Waals surface area contributed by atoms with Crippen LogP contribution in [0.2, 0.25) is 0 Å². The Balaban J connectivity index is 1.96. The minimum absolute atomic E-state index is 0.225. The standard InChI is InChI=1S/C16H23N3OS/c1-13(9-10-21(3)20)18-14(2)15-11-17-19(12-15)16-7-5-4-6-8-16/h4-8,11-14,18H,9-10H2,1-3H3. The summed E-state index contributed by atoms with van der Waals surface area (Å²) in [4.78, 5) is 0. The first-order valence-electron chi connectivity index (χ1n) is 7.22. The highest BCUT2D eigenvalue weighted by Crippen LogP contribution is 2.15. The number of aromatic nitrogens is 2. The zero-order valence-corrected chi connectivity index (χ0v) is 13.6. The number of para-hydroxylation sites is 1. The molecule has 1 aromatic carbocycles. The Hall–Kier alpha value is -1.46. The Morgan fingerprint density at radius 1 is 1.29 bits per heavy atom. The van der Waals surface area contributed by atoms with Gasteiger partial charge in [0.05, 0.1) is 11.9 Å². The predicted molar refractivity (Wildman–Crippen MR) is 88.1 cm³/mol. The van der Waals surface area contributed by atoms with Crippen LogP contribution in [-0.2, 0) is 10.8 Å². The minimum Gasteiger partial charge on any atom is -0.308 e. The molecule has 3 unspecified atom stereocenters. The van der Waals surface area contributed by atoms with Gasteiger partial charge in [-0.2, -0.15) is 5.10 Å². The molecule has 114 valence electrons. The van der Waals surface area contributed by atoms with Crippen LogP contribution in [0.25, 0.3) is 5.69 Å². The minimum atomic E-state index is -0.723. The molecule has 0 aliphatic heterocycles. The summed E-state index contributed by atoms with van der Waals surface area (Å²) >= 11 is 0. The van der Waals surface area contributed by atoms with Crippen molar-refractivity contribution in [3.05, 3.63) is 48.3 Å². The van der Waals surface area contributed by atoms with E-state index in [1.165, 1.54) is 0 Å². The van der Waals surface area contributed by atoms with Gasteiger partial charge in [-0.1, -0.05) is 18.2 Å². The van der Waals surface area contributed by atoms with Crippen molar-refractivity contribution in [3.8, 4) is 5.69 Å². The van der Waals surface area contributed by atoms with E-state index >= 15 is 0 Å². The van der Waals surface area contributed by atoms with E-state index in [4.69, 9.17) is 0 Å². The lowest BCUT2D eigenvalue weighted by Gasteiger charge is -2.18. The predicted octanol–water partition coefficient (Wildman–Crippen LogP) is 2.68. The van der Waals surface area contributed by atoms with Crippen LogP contribution in [0.15, 0.2) is 42.7 Å². The molecular weight excluding hydrogens is 282 g/mol. The fourth-order valence-corrected chi connectivity index (χ4v) is 2.92. The molecule has 0 saturated heterocycles. The van der Waals surface area contributed by atoms with Crippen LogP contribution >= 0.6 is 0 Å². The second kappa shape index (κ2) is 7.52. The zero-order valence-electron chi connectivity index (χ0n) is 12.8. The van der Waals surface area contributed by atoms with Gasteiger partial charge in [-0.05, 0) is 32.4 Å². The first kappa shape index (κ1) is 15.9. The average Bonchev–Trinajstić information content (AvgIpc) is 2.96. The highest BCUT2D eigenvalue weighted by atomic mass is 32.2. The highest BCUT2D eigenvalue weighted by Gasteiger charge is 2.12. The molecular formula is C16H23N3OS. The maximum absolute atomic E-state index is 11.1. The first-order chi connectivity index (χ1) is 10.1. The lowest BCUT2D eigenvalue weighted by Crippen LogP contribution is -2.30. The summed E-state index contributed by atoms with van der Waals surface area (Å²) in [5.41, 5.74) is 2.22. The summed E-state index contributed by atoms with van der Waals surface area (Å²) < 4.78 is 13.0. The fraction of sp³-hybridized carbons (Fsp3) is 0.438. The summed E-state index contributed by atoms with van der Waals surface area (Å²) in [7, 11) is -0.723. The molecule has 0 spiro atoms. The molecule has 0 bridgehead atoms. The van der Waals surface area contributed by atoms with E-state index in [9.17, 15) is 4.21 Å². The molecule has 0 aliphatic carbocycles. The van der Waals surface area contributed by atoms with E-state index in [0.29, 0.717) is 6.04 Å². The normalized spacial score (nSPS) is 15.6. The second-order valence-electron chi connectivity index (χ2n) is 5.41. The number of nitrogens with one attached hydrogen (secondary N) is 1. The smallest absolute Gasteiger partial charge is 0.0645 e. The maximum Gasteiger partial charge on any atom is 0.0645 e. The molecule has 2 aromatic rings. The molecule has 0 aliphatic rings. The molecule has 3 atom stereocenters. The van der Waals surface area contributed by atoms with Crippen molar-refractivity contribution in [2.45, 2.75) is 32.4 Å². The van der Waals surface area contributed by atoms with E-state index in [2.05, 4.69) is 30.5 Å². The van der Waals surface area contributed by atoms with Crippen LogP contribution in [0.5, 0.6) is 0 Å².